The Morgan fingerprint density at radius 1 is 0.458 bits per heavy atom. The minimum absolute atomic E-state index is 0.187. The molecule has 1 aliphatic heterocycles. The van der Waals surface area contributed by atoms with Crippen LogP contribution in [-0.2, 0) is 14.3 Å². The Labute approximate surface area is 444 Å². The molecule has 72 heavy (non-hydrogen) atoms. The molecule has 0 aromatic rings. The van der Waals surface area contributed by atoms with Crippen LogP contribution in [0.15, 0.2) is 36.5 Å². The van der Waals surface area contributed by atoms with Gasteiger partial charge in [-0.2, -0.15) is 0 Å². The van der Waals surface area contributed by atoms with Crippen molar-refractivity contribution in [1.82, 2.24) is 5.32 Å². The van der Waals surface area contributed by atoms with E-state index >= 15 is 0 Å². The Kier molecular flexibility index (Phi) is 50.2. The summed E-state index contributed by atoms with van der Waals surface area (Å²) in [5.41, 5.74) is 0. The molecule has 0 saturated carbocycles. The first kappa shape index (κ1) is 68.4. The number of nitrogens with one attached hydrogen (secondary N) is 1. The molecule has 7 atom stereocenters. The van der Waals surface area contributed by atoms with Gasteiger partial charge in [0.05, 0.1) is 25.4 Å². The average Bonchev–Trinajstić information content (AvgIpc) is 3.38. The Hall–Kier alpha value is -1.59. The first-order valence-electron chi connectivity index (χ1n) is 31.2. The zero-order chi connectivity index (χ0) is 52.2. The molecular formula is C63H119NO8. The molecule has 0 aromatic carbocycles. The van der Waals surface area contributed by atoms with Crippen molar-refractivity contribution < 1.29 is 39.8 Å². The standard InChI is InChI=1S/C63H119NO8/c1-3-5-7-9-11-13-15-17-18-19-20-21-22-23-24-25-26-27-28-29-30-31-32-33-34-35-36-37-38-39-41-43-45-47-49-51-53-59(67)64-56(55-71-63-62(70)61(69)60(68)58(54-65)72-63)57(66)52-50-48-46-44-42-40-16-14-12-10-8-6-4-2/h12,14,42,44,50,52,56-58,60-63,65-66,68-70H,3-11,13,15-41,43,45-49,51,53-55H2,1-2H3,(H,64,67)/b14-12+,44-42+,52-50+. The lowest BCUT2D eigenvalue weighted by Gasteiger charge is -2.40. The number of hydrogen-bond acceptors (Lipinski definition) is 8. The number of unbranched alkanes of at least 4 members (excludes halogenated alkanes) is 40. The third kappa shape index (κ3) is 41.6. The summed E-state index contributed by atoms with van der Waals surface area (Å²) in [5, 5.41) is 54.4. The molecule has 1 amide bonds. The highest BCUT2D eigenvalue weighted by Crippen LogP contribution is 2.23. The second kappa shape index (κ2) is 52.8. The molecule has 1 aliphatic rings. The molecule has 1 saturated heterocycles. The van der Waals surface area contributed by atoms with Crippen LogP contribution in [0.25, 0.3) is 0 Å². The van der Waals surface area contributed by atoms with Crippen LogP contribution in [0, 0.1) is 0 Å². The summed E-state index contributed by atoms with van der Waals surface area (Å²) >= 11 is 0. The number of rotatable bonds is 54. The number of hydrogen-bond donors (Lipinski definition) is 6. The number of aliphatic hydroxyl groups excluding tert-OH is 5. The van der Waals surface area contributed by atoms with Crippen molar-refractivity contribution in [1.29, 1.82) is 0 Å². The maximum absolute atomic E-state index is 13.0. The van der Waals surface area contributed by atoms with E-state index < -0.39 is 49.5 Å². The van der Waals surface area contributed by atoms with Crippen molar-refractivity contribution in [3.63, 3.8) is 0 Å². The van der Waals surface area contributed by atoms with E-state index in [2.05, 4.69) is 43.5 Å². The van der Waals surface area contributed by atoms with E-state index in [4.69, 9.17) is 9.47 Å². The van der Waals surface area contributed by atoms with Crippen LogP contribution < -0.4 is 5.32 Å². The zero-order valence-electron chi connectivity index (χ0n) is 47.2. The summed E-state index contributed by atoms with van der Waals surface area (Å²) in [7, 11) is 0. The quantitative estimate of drug-likeness (QED) is 0.0261. The topological polar surface area (TPSA) is 149 Å². The molecule has 1 rings (SSSR count). The maximum atomic E-state index is 13.0. The van der Waals surface area contributed by atoms with Gasteiger partial charge in [0.15, 0.2) is 6.29 Å². The van der Waals surface area contributed by atoms with Gasteiger partial charge in [-0.25, -0.2) is 0 Å². The molecule has 0 bridgehead atoms. The van der Waals surface area contributed by atoms with Gasteiger partial charge >= 0.3 is 0 Å². The lowest BCUT2D eigenvalue weighted by molar-refractivity contribution is -0.302. The molecule has 7 unspecified atom stereocenters. The second-order valence-corrected chi connectivity index (χ2v) is 21.8. The first-order valence-corrected chi connectivity index (χ1v) is 31.2. The summed E-state index contributed by atoms with van der Waals surface area (Å²) in [6, 6.07) is -0.825. The maximum Gasteiger partial charge on any atom is 0.220 e. The smallest absolute Gasteiger partial charge is 0.220 e. The highest BCUT2D eigenvalue weighted by Gasteiger charge is 2.44. The minimum atomic E-state index is -1.57. The van der Waals surface area contributed by atoms with Gasteiger partial charge < -0.3 is 40.3 Å². The van der Waals surface area contributed by atoms with Gasteiger partial charge in [-0.1, -0.05) is 288 Å². The van der Waals surface area contributed by atoms with E-state index in [1.807, 2.05) is 6.08 Å². The number of allylic oxidation sites excluding steroid dienone is 5. The lowest BCUT2D eigenvalue weighted by atomic mass is 9.99. The molecule has 0 aliphatic carbocycles. The third-order valence-corrected chi connectivity index (χ3v) is 14.9. The lowest BCUT2D eigenvalue weighted by Crippen LogP contribution is -2.60. The van der Waals surface area contributed by atoms with Gasteiger partial charge in [0.1, 0.15) is 24.4 Å². The fourth-order valence-corrected chi connectivity index (χ4v) is 10.0. The van der Waals surface area contributed by atoms with Crippen molar-refractivity contribution >= 4 is 5.91 Å². The van der Waals surface area contributed by atoms with Crippen molar-refractivity contribution in [2.75, 3.05) is 13.2 Å². The molecule has 424 valence electrons. The van der Waals surface area contributed by atoms with Gasteiger partial charge in [-0.15, -0.1) is 0 Å². The number of carbonyl (C=O) groups excluding carboxylic acids is 1. The van der Waals surface area contributed by atoms with Crippen LogP contribution in [0.2, 0.25) is 0 Å². The van der Waals surface area contributed by atoms with Crippen LogP contribution >= 0.6 is 0 Å². The van der Waals surface area contributed by atoms with Crippen LogP contribution in [0.3, 0.4) is 0 Å². The predicted octanol–water partition coefficient (Wildman–Crippen LogP) is 15.9. The summed E-state index contributed by atoms with van der Waals surface area (Å²) in [6.45, 7) is 3.75. The predicted molar refractivity (Wildman–Crippen MR) is 304 cm³/mol. The van der Waals surface area contributed by atoms with Crippen molar-refractivity contribution in [3.8, 4) is 0 Å². The van der Waals surface area contributed by atoms with E-state index in [9.17, 15) is 30.3 Å². The van der Waals surface area contributed by atoms with Gasteiger partial charge in [0.2, 0.25) is 5.91 Å². The highest BCUT2D eigenvalue weighted by atomic mass is 16.7. The Morgan fingerprint density at radius 2 is 0.792 bits per heavy atom. The number of carbonyl (C=O) groups is 1. The van der Waals surface area contributed by atoms with Gasteiger partial charge in [-0.3, -0.25) is 4.79 Å². The summed E-state index contributed by atoms with van der Waals surface area (Å²) in [6.07, 6.45) is 62.6. The van der Waals surface area contributed by atoms with Crippen LogP contribution in [0.1, 0.15) is 303 Å². The van der Waals surface area contributed by atoms with E-state index in [1.54, 1.807) is 6.08 Å². The molecule has 9 heteroatoms. The van der Waals surface area contributed by atoms with E-state index in [1.165, 1.54) is 231 Å². The Bertz CT molecular complexity index is 1230. The number of aliphatic hydroxyl groups is 5. The normalized spacial score (nSPS) is 19.3. The molecular weight excluding hydrogens is 899 g/mol. The zero-order valence-corrected chi connectivity index (χ0v) is 47.2. The molecule has 1 fully saturated rings. The Morgan fingerprint density at radius 3 is 1.17 bits per heavy atom. The van der Waals surface area contributed by atoms with Crippen molar-refractivity contribution in [3.05, 3.63) is 36.5 Å². The average molecular weight is 1020 g/mol. The van der Waals surface area contributed by atoms with Crippen LogP contribution in [-0.4, -0.2) is 87.5 Å². The molecule has 1 heterocycles. The third-order valence-electron chi connectivity index (χ3n) is 14.9. The SMILES string of the molecule is CCCCC/C=C/CC/C=C/CC/C=C/C(O)C(COC1OC(CO)C(O)C(O)C1O)NC(=O)CCCCCCCCCCCCCCCCCCCCCCCCCCCCCCCCCCCCCC. The van der Waals surface area contributed by atoms with Gasteiger partial charge in [0.25, 0.3) is 0 Å². The molecule has 9 nitrogen and oxygen atoms in total. The summed E-state index contributed by atoms with van der Waals surface area (Å²) < 4.78 is 11.2. The highest BCUT2D eigenvalue weighted by molar-refractivity contribution is 5.76. The van der Waals surface area contributed by atoms with Crippen molar-refractivity contribution in [2.45, 2.75) is 346 Å². The van der Waals surface area contributed by atoms with Crippen molar-refractivity contribution in [2.24, 2.45) is 0 Å². The number of amides is 1. The van der Waals surface area contributed by atoms with E-state index in [0.717, 1.165) is 51.4 Å². The molecule has 0 aromatic heterocycles. The van der Waals surface area contributed by atoms with Crippen LogP contribution in [0.5, 0.6) is 0 Å². The largest absolute Gasteiger partial charge is 0.394 e. The monoisotopic (exact) mass is 1020 g/mol. The fourth-order valence-electron chi connectivity index (χ4n) is 10.0. The van der Waals surface area contributed by atoms with Crippen LogP contribution in [0.4, 0.5) is 0 Å². The van der Waals surface area contributed by atoms with E-state index in [0.29, 0.717) is 6.42 Å². The van der Waals surface area contributed by atoms with Gasteiger partial charge in [-0.05, 0) is 44.9 Å². The first-order chi connectivity index (χ1) is 35.3. The van der Waals surface area contributed by atoms with E-state index in [-0.39, 0.29) is 12.5 Å². The minimum Gasteiger partial charge on any atom is -0.394 e. The summed E-state index contributed by atoms with van der Waals surface area (Å²) in [5.74, 6) is -0.187. The van der Waals surface area contributed by atoms with Gasteiger partial charge in [0, 0.05) is 6.42 Å². The molecule has 6 N–H and O–H groups in total. The molecule has 0 radical (unpaired) electrons. The number of ether oxygens (including phenoxy) is 2. The Balaban J connectivity index is 2.05. The molecule has 0 spiro atoms. The fraction of sp³-hybridized carbons (Fsp3) is 0.889. The second-order valence-electron chi connectivity index (χ2n) is 21.8. The summed E-state index contributed by atoms with van der Waals surface area (Å²) in [4.78, 5) is 13.0.